The van der Waals surface area contributed by atoms with E-state index < -0.39 is 0 Å². The highest BCUT2D eigenvalue weighted by molar-refractivity contribution is 7.98. The Labute approximate surface area is 91.9 Å². The SMILES string of the molecule is O=c1occcc1SCc1ccccc1. The Kier molecular flexibility index (Phi) is 3.25. The van der Waals surface area contributed by atoms with Crippen LogP contribution in [0.3, 0.4) is 0 Å². The minimum atomic E-state index is -0.265. The van der Waals surface area contributed by atoms with Crippen LogP contribution in [-0.2, 0) is 5.75 Å². The fourth-order valence-electron chi connectivity index (χ4n) is 1.20. The molecule has 0 spiro atoms. The molecule has 2 nitrogen and oxygen atoms in total. The molecule has 76 valence electrons. The summed E-state index contributed by atoms with van der Waals surface area (Å²) in [6, 6.07) is 13.5. The van der Waals surface area contributed by atoms with Crippen molar-refractivity contribution >= 4 is 11.8 Å². The van der Waals surface area contributed by atoms with Crippen LogP contribution in [0.1, 0.15) is 5.56 Å². The van der Waals surface area contributed by atoms with E-state index in [0.29, 0.717) is 4.90 Å². The fourth-order valence-corrected chi connectivity index (χ4v) is 2.05. The summed E-state index contributed by atoms with van der Waals surface area (Å²) in [5, 5.41) is 0. The second-order valence-electron chi connectivity index (χ2n) is 3.04. The lowest BCUT2D eigenvalue weighted by Crippen LogP contribution is -1.99. The van der Waals surface area contributed by atoms with Gasteiger partial charge in [0.05, 0.1) is 11.2 Å². The standard InChI is InChI=1S/C12H10O2S/c13-12-11(7-4-8-14-12)15-9-10-5-2-1-3-6-10/h1-8H,9H2. The zero-order chi connectivity index (χ0) is 10.5. The zero-order valence-corrected chi connectivity index (χ0v) is 8.87. The van der Waals surface area contributed by atoms with Crippen molar-refractivity contribution < 1.29 is 4.42 Å². The zero-order valence-electron chi connectivity index (χ0n) is 8.05. The molecular weight excluding hydrogens is 208 g/mol. The van der Waals surface area contributed by atoms with Crippen molar-refractivity contribution in [3.05, 3.63) is 64.7 Å². The van der Waals surface area contributed by atoms with E-state index in [1.807, 2.05) is 30.3 Å². The van der Waals surface area contributed by atoms with E-state index in [4.69, 9.17) is 4.42 Å². The molecule has 0 aliphatic rings. The Balaban J connectivity index is 2.06. The molecule has 1 aromatic carbocycles. The number of thioether (sulfide) groups is 1. The molecule has 0 saturated carbocycles. The van der Waals surface area contributed by atoms with Gasteiger partial charge in [-0.2, -0.15) is 0 Å². The average molecular weight is 218 g/mol. The third kappa shape index (κ3) is 2.73. The van der Waals surface area contributed by atoms with Crippen molar-refractivity contribution in [3.8, 4) is 0 Å². The first-order chi connectivity index (χ1) is 7.36. The van der Waals surface area contributed by atoms with Crippen molar-refractivity contribution in [3.63, 3.8) is 0 Å². The molecule has 0 N–H and O–H groups in total. The van der Waals surface area contributed by atoms with Crippen molar-refractivity contribution in [1.82, 2.24) is 0 Å². The summed E-state index contributed by atoms with van der Waals surface area (Å²) < 4.78 is 4.77. The van der Waals surface area contributed by atoms with Crippen LogP contribution in [0.15, 0.2) is 62.8 Å². The third-order valence-electron chi connectivity index (χ3n) is 1.94. The predicted octanol–water partition coefficient (Wildman–Crippen LogP) is 2.93. The van der Waals surface area contributed by atoms with Gasteiger partial charge in [0.2, 0.25) is 0 Å². The van der Waals surface area contributed by atoms with Gasteiger partial charge in [-0.15, -0.1) is 11.8 Å². The van der Waals surface area contributed by atoms with Gasteiger partial charge in [-0.05, 0) is 17.7 Å². The molecule has 0 radical (unpaired) electrons. The van der Waals surface area contributed by atoms with Crippen LogP contribution >= 0.6 is 11.8 Å². The van der Waals surface area contributed by atoms with E-state index >= 15 is 0 Å². The first-order valence-electron chi connectivity index (χ1n) is 4.61. The van der Waals surface area contributed by atoms with Crippen LogP contribution in [0.25, 0.3) is 0 Å². The van der Waals surface area contributed by atoms with Crippen molar-refractivity contribution in [2.24, 2.45) is 0 Å². The highest BCUT2D eigenvalue weighted by Crippen LogP contribution is 2.18. The number of hydrogen-bond donors (Lipinski definition) is 0. The molecule has 1 heterocycles. The van der Waals surface area contributed by atoms with Gasteiger partial charge < -0.3 is 4.42 Å². The molecule has 2 aromatic rings. The first-order valence-corrected chi connectivity index (χ1v) is 5.59. The summed E-state index contributed by atoms with van der Waals surface area (Å²) in [7, 11) is 0. The van der Waals surface area contributed by atoms with E-state index in [0.717, 1.165) is 5.75 Å². The van der Waals surface area contributed by atoms with Crippen LogP contribution < -0.4 is 5.63 Å². The fraction of sp³-hybridized carbons (Fsp3) is 0.0833. The smallest absolute Gasteiger partial charge is 0.349 e. The van der Waals surface area contributed by atoms with Crippen molar-refractivity contribution in [2.75, 3.05) is 0 Å². The summed E-state index contributed by atoms with van der Waals surface area (Å²) in [6.45, 7) is 0. The van der Waals surface area contributed by atoms with Crippen LogP contribution in [0.2, 0.25) is 0 Å². The number of hydrogen-bond acceptors (Lipinski definition) is 3. The molecule has 0 atom stereocenters. The lowest BCUT2D eigenvalue weighted by atomic mass is 10.2. The topological polar surface area (TPSA) is 30.2 Å². The Hall–Kier alpha value is -1.48. The minimum absolute atomic E-state index is 0.265. The highest BCUT2D eigenvalue weighted by atomic mass is 32.2. The van der Waals surface area contributed by atoms with E-state index in [1.54, 1.807) is 12.1 Å². The van der Waals surface area contributed by atoms with E-state index in [9.17, 15) is 4.79 Å². The second-order valence-corrected chi connectivity index (χ2v) is 4.06. The molecule has 0 fully saturated rings. The molecule has 0 unspecified atom stereocenters. The largest absolute Gasteiger partial charge is 0.431 e. The van der Waals surface area contributed by atoms with Gasteiger partial charge in [-0.25, -0.2) is 4.79 Å². The first kappa shape index (κ1) is 10.1. The quantitative estimate of drug-likeness (QED) is 0.742. The van der Waals surface area contributed by atoms with E-state index in [2.05, 4.69) is 0 Å². The average Bonchev–Trinajstić information content (AvgIpc) is 2.29. The van der Waals surface area contributed by atoms with Crippen LogP contribution in [-0.4, -0.2) is 0 Å². The van der Waals surface area contributed by atoms with E-state index in [-0.39, 0.29) is 5.63 Å². The maximum Gasteiger partial charge on any atom is 0.349 e. The summed E-state index contributed by atoms with van der Waals surface area (Å²) in [4.78, 5) is 11.9. The molecule has 15 heavy (non-hydrogen) atoms. The summed E-state index contributed by atoms with van der Waals surface area (Å²) in [5.41, 5.74) is 0.934. The van der Waals surface area contributed by atoms with Gasteiger partial charge in [0, 0.05) is 5.75 Å². The highest BCUT2D eigenvalue weighted by Gasteiger charge is 2.00. The Morgan fingerprint density at radius 2 is 1.87 bits per heavy atom. The Bertz CT molecular complexity index is 476. The van der Waals surface area contributed by atoms with Crippen LogP contribution in [0.5, 0.6) is 0 Å². The maximum atomic E-state index is 11.3. The van der Waals surface area contributed by atoms with Crippen LogP contribution in [0.4, 0.5) is 0 Å². The third-order valence-corrected chi connectivity index (χ3v) is 3.03. The molecule has 2 rings (SSSR count). The van der Waals surface area contributed by atoms with Crippen molar-refractivity contribution in [2.45, 2.75) is 10.6 Å². The molecular formula is C12H10O2S. The predicted molar refractivity (Wildman–Crippen MR) is 61.0 cm³/mol. The van der Waals surface area contributed by atoms with Gasteiger partial charge in [0.1, 0.15) is 0 Å². The summed E-state index contributed by atoms with van der Waals surface area (Å²) in [5.74, 6) is 0.787. The molecule has 0 aliphatic carbocycles. The molecule has 0 amide bonds. The summed E-state index contributed by atoms with van der Waals surface area (Å²) in [6.07, 6.45) is 1.40. The maximum absolute atomic E-state index is 11.3. The van der Waals surface area contributed by atoms with Crippen LogP contribution in [0, 0.1) is 0 Å². The second kappa shape index (κ2) is 4.84. The number of benzene rings is 1. The van der Waals surface area contributed by atoms with Gasteiger partial charge in [0.25, 0.3) is 0 Å². The molecule has 3 heteroatoms. The Morgan fingerprint density at radius 1 is 1.07 bits per heavy atom. The van der Waals surface area contributed by atoms with E-state index in [1.165, 1.54) is 23.6 Å². The monoisotopic (exact) mass is 218 g/mol. The lowest BCUT2D eigenvalue weighted by Gasteiger charge is -1.99. The molecule has 0 bridgehead atoms. The van der Waals surface area contributed by atoms with Gasteiger partial charge in [0.15, 0.2) is 0 Å². The van der Waals surface area contributed by atoms with Crippen molar-refractivity contribution in [1.29, 1.82) is 0 Å². The summed E-state index contributed by atoms with van der Waals surface area (Å²) >= 11 is 1.49. The minimum Gasteiger partial charge on any atom is -0.431 e. The van der Waals surface area contributed by atoms with Gasteiger partial charge in [-0.3, -0.25) is 0 Å². The normalized spacial score (nSPS) is 10.1. The van der Waals surface area contributed by atoms with Gasteiger partial charge in [-0.1, -0.05) is 30.3 Å². The molecule has 0 aliphatic heterocycles. The Morgan fingerprint density at radius 3 is 2.60 bits per heavy atom. The van der Waals surface area contributed by atoms with Gasteiger partial charge >= 0.3 is 5.63 Å². The number of rotatable bonds is 3. The molecule has 0 saturated heterocycles. The molecule has 1 aromatic heterocycles. The lowest BCUT2D eigenvalue weighted by molar-refractivity contribution is 0.494.